The number of carbonyl (C=O) groups is 1. The summed E-state index contributed by atoms with van der Waals surface area (Å²) in [6.45, 7) is 9.41. The van der Waals surface area contributed by atoms with Crippen LogP contribution in [0.15, 0.2) is 60.7 Å². The Morgan fingerprint density at radius 3 is 2.22 bits per heavy atom. The SMILES string of the molecule is COc1ccc(/C=C/C(=O)O)cc1-c1cc2c(cc1OCc1cccc(O)c1)C(C)(C)CCC2(C)C. The standard InChI is InChI=1S/C31H34O5/c1-30(2)13-14-31(3,4)26-18-28(36-19-21-7-6-8-22(32)15-21)24(17-25(26)30)23-16-20(10-12-29(33)34)9-11-27(23)35-5/h6-12,15-18,32H,13-14,19H2,1-5H3,(H,33,34)/b12-10+. The number of phenolic OH excluding ortho intramolecular Hbond substituents is 1. The number of aliphatic carboxylic acids is 1. The summed E-state index contributed by atoms with van der Waals surface area (Å²) in [5.74, 6) is 0.600. The molecule has 0 bridgehead atoms. The van der Waals surface area contributed by atoms with Gasteiger partial charge in [-0.15, -0.1) is 0 Å². The van der Waals surface area contributed by atoms with Crippen molar-refractivity contribution in [3.8, 4) is 28.4 Å². The largest absolute Gasteiger partial charge is 0.508 e. The highest BCUT2D eigenvalue weighted by Crippen LogP contribution is 2.50. The van der Waals surface area contributed by atoms with Gasteiger partial charge < -0.3 is 19.7 Å². The van der Waals surface area contributed by atoms with Gasteiger partial charge in [-0.1, -0.05) is 45.9 Å². The molecule has 0 saturated heterocycles. The van der Waals surface area contributed by atoms with E-state index in [-0.39, 0.29) is 16.6 Å². The molecule has 36 heavy (non-hydrogen) atoms. The summed E-state index contributed by atoms with van der Waals surface area (Å²) in [4.78, 5) is 11.1. The number of carboxylic acids is 1. The maximum Gasteiger partial charge on any atom is 0.328 e. The first kappa shape index (κ1) is 25.4. The zero-order valence-electron chi connectivity index (χ0n) is 21.6. The predicted octanol–water partition coefficient (Wildman–Crippen LogP) is 7.09. The van der Waals surface area contributed by atoms with Crippen LogP contribution in [0.2, 0.25) is 0 Å². The lowest BCUT2D eigenvalue weighted by molar-refractivity contribution is -0.131. The molecule has 5 nitrogen and oxygen atoms in total. The number of benzene rings is 3. The van der Waals surface area contributed by atoms with Crippen molar-refractivity contribution in [2.24, 2.45) is 0 Å². The number of fused-ring (bicyclic) bond motifs is 1. The summed E-state index contributed by atoms with van der Waals surface area (Å²) in [7, 11) is 1.63. The molecule has 0 heterocycles. The van der Waals surface area contributed by atoms with Gasteiger partial charge in [-0.3, -0.25) is 0 Å². The molecular formula is C31H34O5. The topological polar surface area (TPSA) is 76.0 Å². The molecule has 3 aromatic carbocycles. The van der Waals surface area contributed by atoms with Gasteiger partial charge in [0.25, 0.3) is 0 Å². The number of ether oxygens (including phenoxy) is 2. The van der Waals surface area contributed by atoms with Gasteiger partial charge in [0.05, 0.1) is 7.11 Å². The van der Waals surface area contributed by atoms with Crippen LogP contribution < -0.4 is 9.47 Å². The van der Waals surface area contributed by atoms with Crippen LogP contribution in [0.25, 0.3) is 17.2 Å². The van der Waals surface area contributed by atoms with Crippen molar-refractivity contribution < 1.29 is 24.5 Å². The number of rotatable bonds is 7. The Morgan fingerprint density at radius 1 is 0.917 bits per heavy atom. The molecule has 0 unspecified atom stereocenters. The van der Waals surface area contributed by atoms with E-state index in [0.717, 1.165) is 46.9 Å². The Labute approximate surface area is 213 Å². The molecule has 3 aromatic rings. The molecule has 1 aliphatic rings. The highest BCUT2D eigenvalue weighted by molar-refractivity contribution is 5.86. The van der Waals surface area contributed by atoms with E-state index in [4.69, 9.17) is 14.6 Å². The number of hydrogen-bond donors (Lipinski definition) is 2. The number of methoxy groups -OCH3 is 1. The Morgan fingerprint density at radius 2 is 1.58 bits per heavy atom. The summed E-state index contributed by atoms with van der Waals surface area (Å²) >= 11 is 0. The van der Waals surface area contributed by atoms with Crippen molar-refractivity contribution in [1.82, 2.24) is 0 Å². The number of aromatic hydroxyl groups is 1. The third-order valence-electron chi connectivity index (χ3n) is 7.19. The monoisotopic (exact) mass is 486 g/mol. The summed E-state index contributed by atoms with van der Waals surface area (Å²) in [6, 6.07) is 17.1. The zero-order chi connectivity index (χ0) is 26.1. The van der Waals surface area contributed by atoms with Crippen molar-refractivity contribution in [2.75, 3.05) is 7.11 Å². The average Bonchev–Trinajstić information content (AvgIpc) is 2.84. The minimum atomic E-state index is -1.000. The third kappa shape index (κ3) is 5.25. The average molecular weight is 487 g/mol. The van der Waals surface area contributed by atoms with Crippen LogP contribution in [-0.4, -0.2) is 23.3 Å². The van der Waals surface area contributed by atoms with E-state index >= 15 is 0 Å². The molecule has 5 heteroatoms. The molecule has 4 rings (SSSR count). The second kappa shape index (κ2) is 9.73. The molecule has 0 radical (unpaired) electrons. The zero-order valence-corrected chi connectivity index (χ0v) is 21.6. The first-order valence-electron chi connectivity index (χ1n) is 12.2. The van der Waals surface area contributed by atoms with Gasteiger partial charge in [-0.05, 0) is 88.4 Å². The minimum absolute atomic E-state index is 0.00257. The highest BCUT2D eigenvalue weighted by atomic mass is 16.5. The Bertz CT molecular complexity index is 1320. The lowest BCUT2D eigenvalue weighted by Gasteiger charge is -2.42. The van der Waals surface area contributed by atoms with Crippen LogP contribution in [0.4, 0.5) is 0 Å². The van der Waals surface area contributed by atoms with Gasteiger partial charge in [0.2, 0.25) is 0 Å². The fourth-order valence-electron chi connectivity index (χ4n) is 4.94. The maximum atomic E-state index is 11.1. The number of carboxylic acid groups (broad SMARTS) is 1. The lowest BCUT2D eigenvalue weighted by Crippen LogP contribution is -2.33. The molecule has 0 amide bonds. The van der Waals surface area contributed by atoms with Gasteiger partial charge in [0, 0.05) is 17.2 Å². The Kier molecular flexibility index (Phi) is 6.85. The van der Waals surface area contributed by atoms with E-state index in [1.165, 1.54) is 11.1 Å². The Balaban J connectivity index is 1.90. The van der Waals surface area contributed by atoms with E-state index in [0.29, 0.717) is 12.4 Å². The maximum absolute atomic E-state index is 11.1. The third-order valence-corrected chi connectivity index (χ3v) is 7.19. The summed E-state index contributed by atoms with van der Waals surface area (Å²) in [6.07, 6.45) is 4.86. The van der Waals surface area contributed by atoms with Crippen molar-refractivity contribution in [3.63, 3.8) is 0 Å². The molecule has 188 valence electrons. The molecule has 0 aromatic heterocycles. The van der Waals surface area contributed by atoms with Crippen molar-refractivity contribution in [3.05, 3.63) is 82.9 Å². The van der Waals surface area contributed by atoms with Crippen LogP contribution in [0, 0.1) is 0 Å². The molecule has 0 atom stereocenters. The summed E-state index contributed by atoms with van der Waals surface area (Å²) in [5.41, 5.74) is 5.90. The van der Waals surface area contributed by atoms with Gasteiger partial charge in [0.1, 0.15) is 23.9 Å². The molecule has 0 fully saturated rings. The van der Waals surface area contributed by atoms with Crippen LogP contribution in [0.3, 0.4) is 0 Å². The van der Waals surface area contributed by atoms with E-state index < -0.39 is 5.97 Å². The number of phenols is 1. The predicted molar refractivity (Wildman–Crippen MR) is 143 cm³/mol. The van der Waals surface area contributed by atoms with Crippen LogP contribution in [-0.2, 0) is 22.2 Å². The fourth-order valence-corrected chi connectivity index (χ4v) is 4.94. The quantitative estimate of drug-likeness (QED) is 0.349. The van der Waals surface area contributed by atoms with Gasteiger partial charge >= 0.3 is 5.97 Å². The summed E-state index contributed by atoms with van der Waals surface area (Å²) in [5, 5.41) is 19.0. The minimum Gasteiger partial charge on any atom is -0.508 e. The summed E-state index contributed by atoms with van der Waals surface area (Å²) < 4.78 is 12.1. The van der Waals surface area contributed by atoms with Gasteiger partial charge in [0.15, 0.2) is 0 Å². The van der Waals surface area contributed by atoms with E-state index in [1.807, 2.05) is 24.3 Å². The molecule has 2 N–H and O–H groups in total. The second-order valence-corrected chi connectivity index (χ2v) is 10.8. The first-order chi connectivity index (χ1) is 17.0. The molecular weight excluding hydrogens is 452 g/mol. The first-order valence-corrected chi connectivity index (χ1v) is 12.2. The van der Waals surface area contributed by atoms with Crippen LogP contribution in [0.5, 0.6) is 17.2 Å². The van der Waals surface area contributed by atoms with Gasteiger partial charge in [-0.25, -0.2) is 4.79 Å². The highest BCUT2D eigenvalue weighted by Gasteiger charge is 2.38. The van der Waals surface area contributed by atoms with Crippen LogP contribution >= 0.6 is 0 Å². The van der Waals surface area contributed by atoms with Crippen molar-refractivity contribution in [2.45, 2.75) is 58.0 Å². The Hall–Kier alpha value is -3.73. The molecule has 1 aliphatic carbocycles. The van der Waals surface area contributed by atoms with E-state index in [9.17, 15) is 9.90 Å². The normalized spacial score (nSPS) is 15.9. The molecule has 0 saturated carbocycles. The smallest absolute Gasteiger partial charge is 0.328 e. The van der Waals surface area contributed by atoms with E-state index in [1.54, 1.807) is 31.4 Å². The molecule has 0 aliphatic heterocycles. The molecule has 0 spiro atoms. The van der Waals surface area contributed by atoms with Crippen molar-refractivity contribution in [1.29, 1.82) is 0 Å². The van der Waals surface area contributed by atoms with Crippen LogP contribution in [0.1, 0.15) is 62.8 Å². The van der Waals surface area contributed by atoms with Crippen molar-refractivity contribution >= 4 is 12.0 Å². The van der Waals surface area contributed by atoms with Gasteiger partial charge in [-0.2, -0.15) is 0 Å². The number of hydrogen-bond acceptors (Lipinski definition) is 4. The fraction of sp³-hybridized carbons (Fsp3) is 0.323. The van der Waals surface area contributed by atoms with E-state index in [2.05, 4.69) is 39.8 Å². The lowest BCUT2D eigenvalue weighted by atomic mass is 9.62. The second-order valence-electron chi connectivity index (χ2n) is 10.8.